The van der Waals surface area contributed by atoms with E-state index in [2.05, 4.69) is 4.74 Å². The topological polar surface area (TPSA) is 35.5 Å². The van der Waals surface area contributed by atoms with Crippen LogP contribution in [0.1, 0.15) is 10.4 Å². The Labute approximate surface area is 123 Å². The summed E-state index contributed by atoms with van der Waals surface area (Å²) in [6.07, 6.45) is -3.78. The second-order valence-corrected chi connectivity index (χ2v) is 4.57. The van der Waals surface area contributed by atoms with E-state index in [1.807, 2.05) is 0 Å². The van der Waals surface area contributed by atoms with Crippen LogP contribution < -0.4 is 4.74 Å². The number of fused-ring (bicyclic) bond motifs is 1. The second kappa shape index (κ2) is 6.21. The van der Waals surface area contributed by atoms with Gasteiger partial charge in [0, 0.05) is 0 Å². The summed E-state index contributed by atoms with van der Waals surface area (Å²) in [7, 11) is 1.26. The maximum Gasteiger partial charge on any atom is 0.340 e. The highest BCUT2D eigenvalue weighted by Crippen LogP contribution is 2.26. The highest BCUT2D eigenvalue weighted by atomic mass is 19.3. The van der Waals surface area contributed by atoms with Gasteiger partial charge in [0.25, 0.3) is 0 Å². The van der Waals surface area contributed by atoms with Crippen LogP contribution in [0.25, 0.3) is 10.8 Å². The minimum atomic E-state index is -4.20. The number of alkyl halides is 4. The predicted molar refractivity (Wildman–Crippen MR) is 71.7 cm³/mol. The Morgan fingerprint density at radius 1 is 1.14 bits per heavy atom. The second-order valence-electron chi connectivity index (χ2n) is 4.57. The monoisotopic (exact) mass is 316 g/mol. The number of rotatable bonds is 5. The first-order valence-electron chi connectivity index (χ1n) is 6.24. The molecule has 118 valence electrons. The molecule has 2 aromatic carbocycles. The van der Waals surface area contributed by atoms with Crippen LogP contribution in [0, 0.1) is 0 Å². The quantitative estimate of drug-likeness (QED) is 0.620. The minimum absolute atomic E-state index is 0.0404. The summed E-state index contributed by atoms with van der Waals surface area (Å²) in [5.41, 5.74) is 0.341. The minimum Gasteiger partial charge on any atom is -0.487 e. The molecule has 22 heavy (non-hydrogen) atoms. The Bertz CT molecular complexity index is 686. The van der Waals surface area contributed by atoms with Crippen LogP contribution in [0.15, 0.2) is 36.4 Å². The van der Waals surface area contributed by atoms with Crippen molar-refractivity contribution < 1.29 is 31.8 Å². The fourth-order valence-corrected chi connectivity index (χ4v) is 1.80. The number of hydrogen-bond donors (Lipinski definition) is 0. The average Bonchev–Trinajstić information content (AvgIpc) is 2.51. The predicted octanol–water partition coefficient (Wildman–Crippen LogP) is 3.91. The van der Waals surface area contributed by atoms with Crippen LogP contribution in [0.3, 0.4) is 0 Å². The van der Waals surface area contributed by atoms with Gasteiger partial charge in [-0.1, -0.05) is 12.1 Å². The Morgan fingerprint density at radius 3 is 2.41 bits per heavy atom. The number of esters is 1. The summed E-state index contributed by atoms with van der Waals surface area (Å²) in [6, 6.07) is 8.99. The van der Waals surface area contributed by atoms with Gasteiger partial charge in [-0.15, -0.1) is 0 Å². The molecule has 3 nitrogen and oxygen atoms in total. The van der Waals surface area contributed by atoms with Gasteiger partial charge in [0.2, 0.25) is 0 Å². The molecule has 0 heterocycles. The molecule has 0 saturated carbocycles. The molecule has 0 N–H and O–H groups in total. The standard InChI is InChI=1S/C15H12F4O3/c1-21-13(20)11-3-2-10-7-12(5-4-9(10)6-11)22-8-15(18,19)14(16)17/h2-7,14H,8H2,1H3. The van der Waals surface area contributed by atoms with Gasteiger partial charge < -0.3 is 9.47 Å². The molecule has 0 spiro atoms. The summed E-state index contributed by atoms with van der Waals surface area (Å²) in [6.45, 7) is -1.41. The van der Waals surface area contributed by atoms with Crippen LogP contribution in [0.2, 0.25) is 0 Å². The molecule has 7 heteroatoms. The number of hydrogen-bond acceptors (Lipinski definition) is 3. The molecule has 0 aliphatic heterocycles. The third-order valence-electron chi connectivity index (χ3n) is 2.98. The molecule has 0 atom stereocenters. The third-order valence-corrected chi connectivity index (χ3v) is 2.98. The van der Waals surface area contributed by atoms with Gasteiger partial charge in [0.05, 0.1) is 12.7 Å². The highest BCUT2D eigenvalue weighted by Gasteiger charge is 2.41. The van der Waals surface area contributed by atoms with Crippen LogP contribution >= 0.6 is 0 Å². The maximum absolute atomic E-state index is 12.8. The van der Waals surface area contributed by atoms with Crippen LogP contribution in [-0.4, -0.2) is 32.0 Å². The number of halogens is 4. The van der Waals surface area contributed by atoms with Crippen molar-refractivity contribution in [3.63, 3.8) is 0 Å². The molecule has 0 radical (unpaired) electrons. The lowest BCUT2D eigenvalue weighted by Crippen LogP contribution is -2.33. The smallest absolute Gasteiger partial charge is 0.340 e. The number of ether oxygens (including phenoxy) is 2. The lowest BCUT2D eigenvalue weighted by molar-refractivity contribution is -0.148. The number of benzene rings is 2. The largest absolute Gasteiger partial charge is 0.487 e. The summed E-state index contributed by atoms with van der Waals surface area (Å²) in [4.78, 5) is 11.4. The van der Waals surface area contributed by atoms with E-state index in [4.69, 9.17) is 4.74 Å². The van der Waals surface area contributed by atoms with Gasteiger partial charge in [-0.3, -0.25) is 0 Å². The van der Waals surface area contributed by atoms with Gasteiger partial charge in [0.15, 0.2) is 6.61 Å². The molecule has 0 aromatic heterocycles. The van der Waals surface area contributed by atoms with Crippen molar-refractivity contribution in [2.45, 2.75) is 12.3 Å². The molecule has 2 aromatic rings. The van der Waals surface area contributed by atoms with Gasteiger partial charge in [-0.2, -0.15) is 8.78 Å². The summed E-state index contributed by atoms with van der Waals surface area (Å²) >= 11 is 0. The molecular formula is C15H12F4O3. The molecule has 2 rings (SSSR count). The molecule has 0 saturated heterocycles. The Hall–Kier alpha value is -2.31. The van der Waals surface area contributed by atoms with E-state index >= 15 is 0 Å². The van der Waals surface area contributed by atoms with Crippen molar-refractivity contribution in [3.8, 4) is 5.75 Å². The van der Waals surface area contributed by atoms with Crippen molar-refractivity contribution in [2.75, 3.05) is 13.7 Å². The lowest BCUT2D eigenvalue weighted by Gasteiger charge is -2.16. The van der Waals surface area contributed by atoms with E-state index in [1.54, 1.807) is 12.1 Å². The molecule has 0 aliphatic rings. The van der Waals surface area contributed by atoms with E-state index in [0.29, 0.717) is 16.3 Å². The Kier molecular flexibility index (Phi) is 4.54. The zero-order valence-corrected chi connectivity index (χ0v) is 11.5. The van der Waals surface area contributed by atoms with E-state index in [-0.39, 0.29) is 5.75 Å². The maximum atomic E-state index is 12.8. The van der Waals surface area contributed by atoms with E-state index in [9.17, 15) is 22.4 Å². The fraction of sp³-hybridized carbons (Fsp3) is 0.267. The van der Waals surface area contributed by atoms with E-state index in [0.717, 1.165) is 0 Å². The number of carbonyl (C=O) groups is 1. The molecule has 0 bridgehead atoms. The molecular weight excluding hydrogens is 304 g/mol. The molecule has 0 unspecified atom stereocenters. The van der Waals surface area contributed by atoms with Gasteiger partial charge in [-0.05, 0) is 35.0 Å². The SMILES string of the molecule is COC(=O)c1ccc2cc(OCC(F)(F)C(F)F)ccc2c1. The van der Waals surface area contributed by atoms with Crippen molar-refractivity contribution in [2.24, 2.45) is 0 Å². The third kappa shape index (κ3) is 3.47. The first-order chi connectivity index (χ1) is 10.3. The number of carbonyl (C=O) groups excluding carboxylic acids is 1. The van der Waals surface area contributed by atoms with Gasteiger partial charge >= 0.3 is 18.3 Å². The van der Waals surface area contributed by atoms with Crippen molar-refractivity contribution in [1.82, 2.24) is 0 Å². The average molecular weight is 316 g/mol. The number of methoxy groups -OCH3 is 1. The fourth-order valence-electron chi connectivity index (χ4n) is 1.80. The van der Waals surface area contributed by atoms with Gasteiger partial charge in [0.1, 0.15) is 5.75 Å². The Balaban J connectivity index is 2.19. The van der Waals surface area contributed by atoms with Crippen LogP contribution in [0.4, 0.5) is 17.6 Å². The summed E-state index contributed by atoms with van der Waals surface area (Å²) in [5.74, 6) is -4.67. The summed E-state index contributed by atoms with van der Waals surface area (Å²) < 4.78 is 59.0. The van der Waals surface area contributed by atoms with Crippen molar-refractivity contribution in [3.05, 3.63) is 42.0 Å². The Morgan fingerprint density at radius 2 is 1.77 bits per heavy atom. The van der Waals surface area contributed by atoms with Crippen molar-refractivity contribution >= 4 is 16.7 Å². The molecule has 0 aliphatic carbocycles. The lowest BCUT2D eigenvalue weighted by atomic mass is 10.1. The van der Waals surface area contributed by atoms with Gasteiger partial charge in [-0.25, -0.2) is 13.6 Å². The normalized spacial score (nSPS) is 11.7. The summed E-state index contributed by atoms with van der Waals surface area (Å²) in [5, 5.41) is 1.28. The zero-order chi connectivity index (χ0) is 16.3. The first kappa shape index (κ1) is 16.1. The van der Waals surface area contributed by atoms with Crippen LogP contribution in [-0.2, 0) is 4.74 Å². The van der Waals surface area contributed by atoms with Crippen molar-refractivity contribution in [1.29, 1.82) is 0 Å². The highest BCUT2D eigenvalue weighted by molar-refractivity contribution is 5.95. The first-order valence-corrected chi connectivity index (χ1v) is 6.24. The van der Waals surface area contributed by atoms with E-state index in [1.165, 1.54) is 31.4 Å². The molecule has 0 amide bonds. The van der Waals surface area contributed by atoms with Crippen LogP contribution in [0.5, 0.6) is 5.75 Å². The zero-order valence-electron chi connectivity index (χ0n) is 11.5. The van der Waals surface area contributed by atoms with E-state index < -0.39 is 24.9 Å². The molecule has 0 fully saturated rings.